The van der Waals surface area contributed by atoms with Gasteiger partial charge in [-0.25, -0.2) is 0 Å². The van der Waals surface area contributed by atoms with Crippen LogP contribution in [-0.4, -0.2) is 45.9 Å². The maximum Gasteiger partial charge on any atom is 0.157 e. The minimum Gasteiger partial charge on any atom is -0.396 e. The van der Waals surface area contributed by atoms with Crippen molar-refractivity contribution in [2.45, 2.75) is 37.2 Å². The number of aliphatic hydroxyl groups excluding tert-OH is 2. The van der Waals surface area contributed by atoms with Crippen molar-refractivity contribution in [2.75, 3.05) is 13.2 Å². The predicted molar refractivity (Wildman–Crippen MR) is 62.1 cm³/mol. The second-order valence-electron chi connectivity index (χ2n) is 4.19. The Morgan fingerprint density at radius 1 is 1.53 bits per heavy atom. The van der Waals surface area contributed by atoms with Crippen LogP contribution in [0.3, 0.4) is 0 Å². The molecule has 2 aliphatic rings. The molecule has 0 spiro atoms. The summed E-state index contributed by atoms with van der Waals surface area (Å²) < 4.78 is 0. The number of rotatable bonds is 2. The van der Waals surface area contributed by atoms with Gasteiger partial charge in [0.25, 0.3) is 0 Å². The standard InChI is InChI=1S/C10H18N2O2S/c1-2-11-10-12-9-7(14)3-6(5-13)4-8(9)15-10/h6-9,13-14H,2-5H2,1H3,(H,11,12)/t6-,7+,8+,9-/m0/s1. The molecule has 2 rings (SSSR count). The summed E-state index contributed by atoms with van der Waals surface area (Å²) in [6.45, 7) is 2.96. The number of hydrogen-bond acceptors (Lipinski definition) is 4. The molecule has 0 aromatic rings. The molecular formula is C10H18N2O2S. The number of fused-ring (bicyclic) bond motifs is 1. The van der Waals surface area contributed by atoms with E-state index in [4.69, 9.17) is 5.11 Å². The van der Waals surface area contributed by atoms with Crippen LogP contribution in [0.25, 0.3) is 0 Å². The Balaban J connectivity index is 2.03. The third-order valence-corrected chi connectivity index (χ3v) is 4.33. The smallest absolute Gasteiger partial charge is 0.157 e. The van der Waals surface area contributed by atoms with Crippen molar-refractivity contribution < 1.29 is 10.2 Å². The molecule has 1 saturated heterocycles. The molecule has 1 aliphatic heterocycles. The van der Waals surface area contributed by atoms with Crippen LogP contribution >= 0.6 is 11.8 Å². The van der Waals surface area contributed by atoms with Gasteiger partial charge >= 0.3 is 0 Å². The van der Waals surface area contributed by atoms with Gasteiger partial charge in [-0.15, -0.1) is 0 Å². The summed E-state index contributed by atoms with van der Waals surface area (Å²) in [5.74, 6) is 0.247. The number of hydrogen-bond donors (Lipinski definition) is 3. The molecule has 4 atom stereocenters. The number of aliphatic hydroxyl groups is 2. The van der Waals surface area contributed by atoms with Crippen LogP contribution in [-0.2, 0) is 0 Å². The quantitative estimate of drug-likeness (QED) is 0.634. The van der Waals surface area contributed by atoms with E-state index in [1.54, 1.807) is 11.8 Å². The second-order valence-corrected chi connectivity index (χ2v) is 5.42. The SMILES string of the molecule is CCN=C1N[C@H]2[C@H](O)C[C@H](CO)C[C@H]2S1. The summed E-state index contributed by atoms with van der Waals surface area (Å²) in [7, 11) is 0. The average molecular weight is 230 g/mol. The van der Waals surface area contributed by atoms with E-state index in [1.165, 1.54) is 0 Å². The molecule has 3 N–H and O–H groups in total. The van der Waals surface area contributed by atoms with Crippen LogP contribution in [0.5, 0.6) is 0 Å². The highest BCUT2D eigenvalue weighted by Gasteiger charge is 2.42. The number of aliphatic imine (C=N–C) groups is 1. The summed E-state index contributed by atoms with van der Waals surface area (Å²) in [5.41, 5.74) is 0. The van der Waals surface area contributed by atoms with Crippen molar-refractivity contribution in [1.82, 2.24) is 5.32 Å². The zero-order valence-corrected chi connectivity index (χ0v) is 9.70. The van der Waals surface area contributed by atoms with Crippen molar-refractivity contribution in [3.05, 3.63) is 0 Å². The lowest BCUT2D eigenvalue weighted by Crippen LogP contribution is -2.48. The maximum absolute atomic E-state index is 9.92. The average Bonchev–Trinajstić information content (AvgIpc) is 2.61. The molecule has 15 heavy (non-hydrogen) atoms. The van der Waals surface area contributed by atoms with E-state index >= 15 is 0 Å². The van der Waals surface area contributed by atoms with Crippen molar-refractivity contribution in [2.24, 2.45) is 10.9 Å². The minimum atomic E-state index is -0.349. The predicted octanol–water partition coefficient (Wildman–Crippen LogP) is 0.199. The molecule has 0 bridgehead atoms. The molecule has 1 aliphatic carbocycles. The Morgan fingerprint density at radius 2 is 2.33 bits per heavy atom. The molecule has 0 aromatic carbocycles. The van der Waals surface area contributed by atoms with Crippen LogP contribution in [0, 0.1) is 5.92 Å². The van der Waals surface area contributed by atoms with Crippen LogP contribution in [0.4, 0.5) is 0 Å². The number of thioether (sulfide) groups is 1. The molecule has 0 aromatic heterocycles. The largest absolute Gasteiger partial charge is 0.396 e. The summed E-state index contributed by atoms with van der Waals surface area (Å²) in [4.78, 5) is 4.33. The van der Waals surface area contributed by atoms with Gasteiger partial charge < -0.3 is 15.5 Å². The molecular weight excluding hydrogens is 212 g/mol. The minimum absolute atomic E-state index is 0.128. The van der Waals surface area contributed by atoms with E-state index < -0.39 is 0 Å². The third kappa shape index (κ3) is 2.29. The molecule has 1 heterocycles. The van der Waals surface area contributed by atoms with E-state index in [-0.39, 0.29) is 24.7 Å². The topological polar surface area (TPSA) is 64.9 Å². The highest BCUT2D eigenvalue weighted by molar-refractivity contribution is 8.14. The lowest BCUT2D eigenvalue weighted by atomic mass is 9.84. The Morgan fingerprint density at radius 3 is 3.00 bits per heavy atom. The lowest BCUT2D eigenvalue weighted by Gasteiger charge is -2.33. The van der Waals surface area contributed by atoms with Crippen LogP contribution in [0.15, 0.2) is 4.99 Å². The fourth-order valence-electron chi connectivity index (χ4n) is 2.31. The summed E-state index contributed by atoms with van der Waals surface area (Å²) >= 11 is 1.71. The molecule has 86 valence electrons. The van der Waals surface area contributed by atoms with Gasteiger partial charge in [0.05, 0.1) is 12.1 Å². The monoisotopic (exact) mass is 230 g/mol. The number of amidine groups is 1. The molecule has 0 unspecified atom stereocenters. The van der Waals surface area contributed by atoms with E-state index in [1.807, 2.05) is 6.92 Å². The highest BCUT2D eigenvalue weighted by Crippen LogP contribution is 2.37. The van der Waals surface area contributed by atoms with Gasteiger partial charge in [-0.05, 0) is 25.7 Å². The first kappa shape index (κ1) is 11.2. The van der Waals surface area contributed by atoms with Crippen molar-refractivity contribution in [3.8, 4) is 0 Å². The molecule has 1 saturated carbocycles. The van der Waals surface area contributed by atoms with Crippen molar-refractivity contribution >= 4 is 16.9 Å². The van der Waals surface area contributed by atoms with Gasteiger partial charge in [-0.1, -0.05) is 11.8 Å². The first-order valence-corrected chi connectivity index (χ1v) is 6.39. The fraction of sp³-hybridized carbons (Fsp3) is 0.900. The van der Waals surface area contributed by atoms with Crippen LogP contribution in [0.2, 0.25) is 0 Å². The highest BCUT2D eigenvalue weighted by atomic mass is 32.2. The van der Waals surface area contributed by atoms with E-state index in [2.05, 4.69) is 10.3 Å². The van der Waals surface area contributed by atoms with Gasteiger partial charge in [-0.2, -0.15) is 0 Å². The first-order chi connectivity index (χ1) is 7.24. The molecule has 4 nitrogen and oxygen atoms in total. The zero-order valence-electron chi connectivity index (χ0n) is 8.89. The van der Waals surface area contributed by atoms with Gasteiger partial charge in [-0.3, -0.25) is 4.99 Å². The zero-order chi connectivity index (χ0) is 10.8. The maximum atomic E-state index is 9.92. The Kier molecular flexibility index (Phi) is 3.53. The van der Waals surface area contributed by atoms with E-state index in [0.29, 0.717) is 11.7 Å². The van der Waals surface area contributed by atoms with Crippen molar-refractivity contribution in [1.29, 1.82) is 0 Å². The van der Waals surface area contributed by atoms with Gasteiger partial charge in [0, 0.05) is 18.4 Å². The van der Waals surface area contributed by atoms with E-state index in [9.17, 15) is 5.11 Å². The number of nitrogens with zero attached hydrogens (tertiary/aromatic N) is 1. The second kappa shape index (κ2) is 4.72. The summed E-state index contributed by atoms with van der Waals surface area (Å²) in [5, 5.41) is 23.6. The summed E-state index contributed by atoms with van der Waals surface area (Å²) in [6.07, 6.45) is 1.32. The van der Waals surface area contributed by atoms with Crippen LogP contribution < -0.4 is 5.32 Å². The van der Waals surface area contributed by atoms with Gasteiger partial charge in [0.2, 0.25) is 0 Å². The summed E-state index contributed by atoms with van der Waals surface area (Å²) in [6, 6.07) is 0.128. The molecule has 0 radical (unpaired) electrons. The third-order valence-electron chi connectivity index (χ3n) is 3.07. The first-order valence-electron chi connectivity index (χ1n) is 5.51. The normalized spacial score (nSPS) is 42.7. The lowest BCUT2D eigenvalue weighted by molar-refractivity contribution is 0.0586. The van der Waals surface area contributed by atoms with Crippen LogP contribution in [0.1, 0.15) is 19.8 Å². The Hall–Kier alpha value is -0.260. The fourth-order valence-corrected chi connectivity index (χ4v) is 3.77. The Labute approximate surface area is 94.2 Å². The van der Waals surface area contributed by atoms with Gasteiger partial charge in [0.15, 0.2) is 5.17 Å². The Bertz CT molecular complexity index is 260. The van der Waals surface area contributed by atoms with Crippen molar-refractivity contribution in [3.63, 3.8) is 0 Å². The van der Waals surface area contributed by atoms with E-state index in [0.717, 1.165) is 18.1 Å². The molecule has 0 amide bonds. The van der Waals surface area contributed by atoms with Gasteiger partial charge in [0.1, 0.15) is 0 Å². The molecule has 2 fully saturated rings. The molecule has 5 heteroatoms. The number of nitrogens with one attached hydrogen (secondary N) is 1.